The molecule has 0 heterocycles. The monoisotopic (exact) mass is 388 g/mol. The van der Waals surface area contributed by atoms with Gasteiger partial charge in [0.2, 0.25) is 11.8 Å². The van der Waals surface area contributed by atoms with Gasteiger partial charge in [-0.25, -0.2) is 0 Å². The van der Waals surface area contributed by atoms with Crippen molar-refractivity contribution in [2.75, 3.05) is 0 Å². The smallest absolute Gasteiger partial charge is 0.220 e. The van der Waals surface area contributed by atoms with Gasteiger partial charge >= 0.3 is 0 Å². The summed E-state index contributed by atoms with van der Waals surface area (Å²) in [5, 5.41) is 6.04. The van der Waals surface area contributed by atoms with Crippen LogP contribution in [0.3, 0.4) is 0 Å². The third-order valence-corrected chi connectivity index (χ3v) is 5.09. The predicted octanol–water partition coefficient (Wildman–Crippen LogP) is 5.64. The molecular formula is C24H40N2O2. The van der Waals surface area contributed by atoms with Gasteiger partial charge < -0.3 is 10.6 Å². The van der Waals surface area contributed by atoms with Crippen molar-refractivity contribution in [3.8, 4) is 0 Å². The maximum atomic E-state index is 12.0. The lowest BCUT2D eigenvalue weighted by atomic mass is 10.1. The average Bonchev–Trinajstić information content (AvgIpc) is 2.71. The average molecular weight is 389 g/mol. The van der Waals surface area contributed by atoms with Gasteiger partial charge in [-0.3, -0.25) is 9.59 Å². The van der Waals surface area contributed by atoms with Gasteiger partial charge in [0.25, 0.3) is 0 Å². The number of rotatable bonds is 16. The first-order valence-corrected chi connectivity index (χ1v) is 11.3. The van der Waals surface area contributed by atoms with Gasteiger partial charge in [0.05, 0.1) is 0 Å². The van der Waals surface area contributed by atoms with Gasteiger partial charge in [0.15, 0.2) is 0 Å². The Morgan fingerprint density at radius 1 is 0.643 bits per heavy atom. The summed E-state index contributed by atoms with van der Waals surface area (Å²) in [6.07, 6.45) is 12.7. The van der Waals surface area contributed by atoms with Gasteiger partial charge in [-0.15, -0.1) is 0 Å². The minimum atomic E-state index is 0.113. The van der Waals surface area contributed by atoms with E-state index in [-0.39, 0.29) is 11.8 Å². The second-order valence-corrected chi connectivity index (χ2v) is 7.65. The lowest BCUT2D eigenvalue weighted by Crippen LogP contribution is -2.25. The van der Waals surface area contributed by atoms with Crippen molar-refractivity contribution in [3.63, 3.8) is 0 Å². The van der Waals surface area contributed by atoms with Crippen LogP contribution in [-0.4, -0.2) is 11.8 Å². The summed E-state index contributed by atoms with van der Waals surface area (Å²) in [6, 6.07) is 8.00. The van der Waals surface area contributed by atoms with Gasteiger partial charge in [0, 0.05) is 25.9 Å². The molecule has 0 fully saturated rings. The predicted molar refractivity (Wildman–Crippen MR) is 117 cm³/mol. The second-order valence-electron chi connectivity index (χ2n) is 7.65. The van der Waals surface area contributed by atoms with Crippen molar-refractivity contribution < 1.29 is 9.59 Å². The number of nitrogens with one attached hydrogen (secondary N) is 2. The second kappa shape index (κ2) is 16.1. The number of unbranched alkanes of at least 4 members (excludes halogenated alkanes) is 8. The molecule has 4 nitrogen and oxygen atoms in total. The molecule has 0 radical (unpaired) electrons. The third-order valence-electron chi connectivity index (χ3n) is 5.09. The number of hydrogen-bond donors (Lipinski definition) is 2. The summed E-state index contributed by atoms with van der Waals surface area (Å²) in [6.45, 7) is 5.44. The molecule has 4 heteroatoms. The maximum Gasteiger partial charge on any atom is 0.220 e. The molecule has 0 saturated carbocycles. The van der Waals surface area contributed by atoms with Gasteiger partial charge in [-0.2, -0.15) is 0 Å². The van der Waals surface area contributed by atoms with Crippen molar-refractivity contribution in [2.24, 2.45) is 0 Å². The van der Waals surface area contributed by atoms with Crippen LogP contribution in [0.1, 0.15) is 102 Å². The van der Waals surface area contributed by atoms with E-state index in [1.807, 2.05) is 24.3 Å². The normalized spacial score (nSPS) is 10.6. The number of hydrogen-bond acceptors (Lipinski definition) is 2. The molecule has 0 aliphatic rings. The van der Waals surface area contributed by atoms with E-state index in [4.69, 9.17) is 0 Å². The Morgan fingerprint density at radius 3 is 1.43 bits per heavy atom. The lowest BCUT2D eigenvalue weighted by Gasteiger charge is -2.12. The standard InChI is InChI=1S/C24H40N2O2/c1-3-5-7-9-11-17-23(27)25-19-21-15-13-14-16-22(21)20-26-24(28)18-12-10-8-6-4-2/h13-16H,3-12,17-20H2,1-2H3,(H,25,27)(H,26,28). The fourth-order valence-electron chi connectivity index (χ4n) is 3.25. The molecule has 0 saturated heterocycles. The summed E-state index contributed by atoms with van der Waals surface area (Å²) < 4.78 is 0. The van der Waals surface area contributed by atoms with Crippen LogP contribution in [0.2, 0.25) is 0 Å². The molecule has 158 valence electrons. The van der Waals surface area contributed by atoms with E-state index in [0.29, 0.717) is 25.9 Å². The molecule has 0 aromatic heterocycles. The Balaban J connectivity index is 2.29. The van der Waals surface area contributed by atoms with E-state index < -0.39 is 0 Å². The van der Waals surface area contributed by atoms with Gasteiger partial charge in [0.1, 0.15) is 0 Å². The van der Waals surface area contributed by atoms with Crippen molar-refractivity contribution in [3.05, 3.63) is 35.4 Å². The summed E-state index contributed by atoms with van der Waals surface area (Å²) in [7, 11) is 0. The van der Waals surface area contributed by atoms with E-state index in [0.717, 1.165) is 36.8 Å². The largest absolute Gasteiger partial charge is 0.352 e. The highest BCUT2D eigenvalue weighted by atomic mass is 16.2. The van der Waals surface area contributed by atoms with E-state index >= 15 is 0 Å². The molecule has 1 rings (SSSR count). The van der Waals surface area contributed by atoms with Crippen LogP contribution >= 0.6 is 0 Å². The highest BCUT2D eigenvalue weighted by molar-refractivity contribution is 5.76. The minimum absolute atomic E-state index is 0.113. The van der Waals surface area contributed by atoms with E-state index in [1.54, 1.807) is 0 Å². The number of benzene rings is 1. The van der Waals surface area contributed by atoms with Crippen molar-refractivity contribution in [2.45, 2.75) is 104 Å². The van der Waals surface area contributed by atoms with Crippen molar-refractivity contribution in [1.82, 2.24) is 10.6 Å². The Labute approximate surface area is 171 Å². The summed E-state index contributed by atoms with van der Waals surface area (Å²) in [5.74, 6) is 0.227. The molecule has 0 aliphatic heterocycles. The SMILES string of the molecule is CCCCCCCC(=O)NCc1ccccc1CNC(=O)CCCCCCC. The summed E-state index contributed by atoms with van der Waals surface area (Å²) in [4.78, 5) is 24.1. The first-order chi connectivity index (χ1) is 13.7. The highest BCUT2D eigenvalue weighted by Gasteiger charge is 2.07. The zero-order valence-corrected chi connectivity index (χ0v) is 18.0. The molecule has 28 heavy (non-hydrogen) atoms. The van der Waals surface area contributed by atoms with Crippen LogP contribution in [0.4, 0.5) is 0 Å². The molecule has 0 atom stereocenters. The summed E-state index contributed by atoms with van der Waals surface area (Å²) >= 11 is 0. The van der Waals surface area contributed by atoms with E-state index in [9.17, 15) is 9.59 Å². The van der Waals surface area contributed by atoms with E-state index in [1.165, 1.54) is 38.5 Å². The van der Waals surface area contributed by atoms with Crippen LogP contribution in [0.25, 0.3) is 0 Å². The molecule has 0 bridgehead atoms. The Hall–Kier alpha value is -1.84. The Kier molecular flexibility index (Phi) is 14.0. The van der Waals surface area contributed by atoms with Crippen LogP contribution in [0, 0.1) is 0 Å². The molecule has 2 N–H and O–H groups in total. The topological polar surface area (TPSA) is 58.2 Å². The fourth-order valence-corrected chi connectivity index (χ4v) is 3.25. The first kappa shape index (κ1) is 24.2. The van der Waals surface area contributed by atoms with Crippen LogP contribution < -0.4 is 10.6 Å². The third kappa shape index (κ3) is 11.8. The zero-order chi connectivity index (χ0) is 20.5. The molecular weight excluding hydrogens is 348 g/mol. The highest BCUT2D eigenvalue weighted by Crippen LogP contribution is 2.10. The number of amides is 2. The number of carbonyl (C=O) groups is 2. The van der Waals surface area contributed by atoms with Crippen LogP contribution in [0.5, 0.6) is 0 Å². The van der Waals surface area contributed by atoms with Crippen molar-refractivity contribution in [1.29, 1.82) is 0 Å². The number of carbonyl (C=O) groups excluding carboxylic acids is 2. The van der Waals surface area contributed by atoms with Crippen LogP contribution in [-0.2, 0) is 22.7 Å². The Bertz CT molecular complexity index is 508. The van der Waals surface area contributed by atoms with Gasteiger partial charge in [-0.1, -0.05) is 89.5 Å². The molecule has 1 aromatic carbocycles. The molecule has 0 spiro atoms. The molecule has 0 aliphatic carbocycles. The zero-order valence-electron chi connectivity index (χ0n) is 18.0. The fraction of sp³-hybridized carbons (Fsp3) is 0.667. The quantitative estimate of drug-likeness (QED) is 0.360. The minimum Gasteiger partial charge on any atom is -0.352 e. The summed E-state index contributed by atoms with van der Waals surface area (Å²) in [5.41, 5.74) is 2.15. The van der Waals surface area contributed by atoms with Gasteiger partial charge in [-0.05, 0) is 24.0 Å². The van der Waals surface area contributed by atoms with Crippen LogP contribution in [0.15, 0.2) is 24.3 Å². The molecule has 0 unspecified atom stereocenters. The lowest BCUT2D eigenvalue weighted by molar-refractivity contribution is -0.122. The molecule has 1 aromatic rings. The first-order valence-electron chi connectivity index (χ1n) is 11.3. The van der Waals surface area contributed by atoms with E-state index in [2.05, 4.69) is 24.5 Å². The maximum absolute atomic E-state index is 12.0. The molecule has 2 amide bonds. The van der Waals surface area contributed by atoms with Crippen molar-refractivity contribution >= 4 is 11.8 Å². The Morgan fingerprint density at radius 2 is 1.04 bits per heavy atom.